The highest BCUT2D eigenvalue weighted by Gasteiger charge is 2.22. The quantitative estimate of drug-likeness (QED) is 0.565. The lowest BCUT2D eigenvalue weighted by Crippen LogP contribution is -2.45. The van der Waals surface area contributed by atoms with Crippen LogP contribution in [0.1, 0.15) is 71.6 Å². The molecule has 0 saturated carbocycles. The number of morpholine rings is 1. The summed E-state index contributed by atoms with van der Waals surface area (Å²) >= 11 is 0. The van der Waals surface area contributed by atoms with Crippen LogP contribution in [-0.4, -0.2) is 36.6 Å². The molecule has 0 radical (unpaired) electrons. The zero-order chi connectivity index (χ0) is 13.9. The van der Waals surface area contributed by atoms with Crippen LogP contribution in [-0.2, 0) is 9.53 Å². The van der Waals surface area contributed by atoms with Gasteiger partial charge in [-0.3, -0.25) is 4.79 Å². The van der Waals surface area contributed by atoms with Crippen LogP contribution in [0.4, 0.5) is 0 Å². The first kappa shape index (κ1) is 16.5. The highest BCUT2D eigenvalue weighted by molar-refractivity contribution is 5.78. The van der Waals surface area contributed by atoms with Gasteiger partial charge in [0, 0.05) is 13.1 Å². The zero-order valence-corrected chi connectivity index (χ0v) is 12.8. The molecule has 0 aromatic rings. The van der Waals surface area contributed by atoms with E-state index in [4.69, 9.17) is 4.74 Å². The summed E-state index contributed by atoms with van der Waals surface area (Å²) in [5.41, 5.74) is 0. The lowest BCUT2D eigenvalue weighted by atomic mass is 10.1. The molecular weight excluding hydrogens is 238 g/mol. The van der Waals surface area contributed by atoms with E-state index in [9.17, 15) is 4.79 Å². The van der Waals surface area contributed by atoms with E-state index in [0.717, 1.165) is 19.5 Å². The first-order valence-corrected chi connectivity index (χ1v) is 8.13. The molecule has 1 amide bonds. The Morgan fingerprint density at radius 3 is 2.26 bits per heavy atom. The lowest BCUT2D eigenvalue weighted by molar-refractivity contribution is -0.147. The van der Waals surface area contributed by atoms with Crippen LogP contribution in [0.2, 0.25) is 0 Å². The number of hydrogen-bond acceptors (Lipinski definition) is 2. The molecule has 0 aliphatic carbocycles. The monoisotopic (exact) mass is 269 g/mol. The molecule has 0 aromatic heterocycles. The highest BCUT2D eigenvalue weighted by Crippen LogP contribution is 2.11. The minimum atomic E-state index is 0.165. The number of hydrogen-bond donors (Lipinski definition) is 0. The molecule has 1 atom stereocenters. The van der Waals surface area contributed by atoms with Gasteiger partial charge in [0.05, 0.1) is 6.10 Å². The Kier molecular flexibility index (Phi) is 8.89. The van der Waals surface area contributed by atoms with Crippen molar-refractivity contribution >= 4 is 5.91 Å². The molecule has 1 fully saturated rings. The van der Waals surface area contributed by atoms with E-state index >= 15 is 0 Å². The van der Waals surface area contributed by atoms with Crippen molar-refractivity contribution in [1.29, 1.82) is 0 Å². The van der Waals surface area contributed by atoms with E-state index in [1.54, 1.807) is 0 Å². The number of ether oxygens (including phenoxy) is 1. The van der Waals surface area contributed by atoms with Gasteiger partial charge in [0.25, 0.3) is 0 Å². The van der Waals surface area contributed by atoms with Gasteiger partial charge in [-0.15, -0.1) is 0 Å². The Morgan fingerprint density at radius 1 is 1.05 bits per heavy atom. The highest BCUT2D eigenvalue weighted by atomic mass is 16.5. The number of amides is 1. The zero-order valence-electron chi connectivity index (χ0n) is 12.8. The second kappa shape index (κ2) is 10.2. The molecule has 0 spiro atoms. The van der Waals surface area contributed by atoms with Crippen LogP contribution >= 0.6 is 0 Å². The number of carbonyl (C=O) groups is 1. The summed E-state index contributed by atoms with van der Waals surface area (Å²) in [6.45, 7) is 6.26. The van der Waals surface area contributed by atoms with Crippen LogP contribution in [0.3, 0.4) is 0 Å². The number of carbonyl (C=O) groups excluding carboxylic acids is 1. The van der Waals surface area contributed by atoms with Crippen LogP contribution in [0, 0.1) is 0 Å². The van der Waals surface area contributed by atoms with E-state index in [1.165, 1.54) is 51.4 Å². The summed E-state index contributed by atoms with van der Waals surface area (Å²) in [6.07, 6.45) is 12.2. The van der Waals surface area contributed by atoms with Gasteiger partial charge in [-0.1, -0.05) is 58.3 Å². The third-order valence-electron chi connectivity index (χ3n) is 3.85. The summed E-state index contributed by atoms with van der Waals surface area (Å²) in [7, 11) is 0. The SMILES string of the molecule is CCCCCCCCCCCN1CC(C)OCC1=O. The molecule has 112 valence electrons. The second-order valence-corrected chi connectivity index (χ2v) is 5.79. The van der Waals surface area contributed by atoms with Crippen LogP contribution in [0.5, 0.6) is 0 Å². The van der Waals surface area contributed by atoms with Gasteiger partial charge in [0.15, 0.2) is 0 Å². The smallest absolute Gasteiger partial charge is 0.248 e. The maximum atomic E-state index is 11.6. The van der Waals surface area contributed by atoms with Crippen LogP contribution < -0.4 is 0 Å². The van der Waals surface area contributed by atoms with Crippen LogP contribution in [0.15, 0.2) is 0 Å². The normalized spacial score (nSPS) is 20.0. The van der Waals surface area contributed by atoms with Crippen molar-refractivity contribution in [3.05, 3.63) is 0 Å². The van der Waals surface area contributed by atoms with Crippen molar-refractivity contribution in [3.63, 3.8) is 0 Å². The third-order valence-corrected chi connectivity index (χ3v) is 3.85. The lowest BCUT2D eigenvalue weighted by Gasteiger charge is -2.31. The fourth-order valence-electron chi connectivity index (χ4n) is 2.60. The van der Waals surface area contributed by atoms with Gasteiger partial charge >= 0.3 is 0 Å². The van der Waals surface area contributed by atoms with E-state index in [1.807, 2.05) is 11.8 Å². The number of rotatable bonds is 10. The minimum Gasteiger partial charge on any atom is -0.367 e. The fourth-order valence-corrected chi connectivity index (χ4v) is 2.60. The van der Waals surface area contributed by atoms with Gasteiger partial charge in [-0.2, -0.15) is 0 Å². The molecule has 1 rings (SSSR count). The fraction of sp³-hybridized carbons (Fsp3) is 0.938. The molecule has 0 N–H and O–H groups in total. The van der Waals surface area contributed by atoms with Crippen molar-refractivity contribution in [1.82, 2.24) is 4.90 Å². The average Bonchev–Trinajstić information content (AvgIpc) is 2.40. The largest absolute Gasteiger partial charge is 0.367 e. The minimum absolute atomic E-state index is 0.165. The Hall–Kier alpha value is -0.570. The van der Waals surface area contributed by atoms with Gasteiger partial charge in [0.2, 0.25) is 5.91 Å². The molecule has 0 bridgehead atoms. The summed E-state index contributed by atoms with van der Waals surface area (Å²) in [5, 5.41) is 0. The predicted octanol–water partition coefficient (Wildman–Crippen LogP) is 3.76. The molecule has 3 nitrogen and oxygen atoms in total. The maximum absolute atomic E-state index is 11.6. The van der Waals surface area contributed by atoms with E-state index in [2.05, 4.69) is 6.92 Å². The Labute approximate surface area is 118 Å². The van der Waals surface area contributed by atoms with Gasteiger partial charge in [-0.25, -0.2) is 0 Å². The van der Waals surface area contributed by atoms with Crippen molar-refractivity contribution < 1.29 is 9.53 Å². The summed E-state index contributed by atoms with van der Waals surface area (Å²) in [4.78, 5) is 13.6. The Balaban J connectivity index is 1.91. The first-order chi connectivity index (χ1) is 9.24. The van der Waals surface area contributed by atoms with E-state index in [0.29, 0.717) is 0 Å². The Bertz CT molecular complexity index is 243. The molecule has 1 saturated heterocycles. The molecule has 1 aliphatic heterocycles. The van der Waals surface area contributed by atoms with Gasteiger partial charge in [0.1, 0.15) is 6.61 Å². The van der Waals surface area contributed by atoms with Crippen molar-refractivity contribution in [2.24, 2.45) is 0 Å². The standard InChI is InChI=1S/C16H31NO2/c1-3-4-5-6-7-8-9-10-11-12-17-13-15(2)19-14-16(17)18/h15H,3-14H2,1-2H3. The van der Waals surface area contributed by atoms with Gasteiger partial charge < -0.3 is 9.64 Å². The molecule has 1 heterocycles. The second-order valence-electron chi connectivity index (χ2n) is 5.79. The Morgan fingerprint density at radius 2 is 1.63 bits per heavy atom. The van der Waals surface area contributed by atoms with E-state index < -0.39 is 0 Å². The first-order valence-electron chi connectivity index (χ1n) is 8.13. The van der Waals surface area contributed by atoms with Crippen LogP contribution in [0.25, 0.3) is 0 Å². The molecule has 19 heavy (non-hydrogen) atoms. The van der Waals surface area contributed by atoms with E-state index in [-0.39, 0.29) is 18.6 Å². The molecule has 3 heteroatoms. The molecule has 1 unspecified atom stereocenters. The summed E-state index contributed by atoms with van der Waals surface area (Å²) in [6, 6.07) is 0. The van der Waals surface area contributed by atoms with Crippen molar-refractivity contribution in [2.75, 3.05) is 19.7 Å². The molecule has 0 aromatic carbocycles. The van der Waals surface area contributed by atoms with Crippen molar-refractivity contribution in [3.8, 4) is 0 Å². The number of nitrogens with zero attached hydrogens (tertiary/aromatic N) is 1. The van der Waals surface area contributed by atoms with Gasteiger partial charge in [-0.05, 0) is 13.3 Å². The summed E-state index contributed by atoms with van der Waals surface area (Å²) in [5.74, 6) is 0.165. The average molecular weight is 269 g/mol. The number of unbranched alkanes of at least 4 members (excludes halogenated alkanes) is 8. The summed E-state index contributed by atoms with van der Waals surface area (Å²) < 4.78 is 5.32. The predicted molar refractivity (Wildman–Crippen MR) is 79.2 cm³/mol. The molecule has 1 aliphatic rings. The third kappa shape index (κ3) is 7.56. The van der Waals surface area contributed by atoms with Crippen molar-refractivity contribution in [2.45, 2.75) is 77.7 Å². The molecular formula is C16H31NO2. The maximum Gasteiger partial charge on any atom is 0.248 e. The topological polar surface area (TPSA) is 29.5 Å².